The molecule has 3 N–H and O–H groups in total. The van der Waals surface area contributed by atoms with E-state index in [1.54, 1.807) is 13.8 Å². The van der Waals surface area contributed by atoms with Crippen molar-refractivity contribution in [2.75, 3.05) is 0 Å². The Morgan fingerprint density at radius 2 is 2.04 bits per heavy atom. The Balaban J connectivity index is 1.83. The highest BCUT2D eigenvalue weighted by molar-refractivity contribution is 6.07. The number of carbonyl (C=O) groups excluding carboxylic acids is 2. The number of amides is 2. The lowest BCUT2D eigenvalue weighted by Gasteiger charge is -2.17. The molecule has 0 aliphatic heterocycles. The number of aromatic nitrogens is 2. The van der Waals surface area contributed by atoms with E-state index in [2.05, 4.69) is 10.4 Å². The average molecular weight is 348 g/mol. The summed E-state index contributed by atoms with van der Waals surface area (Å²) in [6, 6.07) is 2.78. The van der Waals surface area contributed by atoms with Crippen molar-refractivity contribution in [1.29, 1.82) is 0 Å². The molecular formula is C17H18F2N4O2. The van der Waals surface area contributed by atoms with E-state index in [9.17, 15) is 18.4 Å². The van der Waals surface area contributed by atoms with Crippen molar-refractivity contribution in [3.63, 3.8) is 0 Å². The third kappa shape index (κ3) is 2.88. The van der Waals surface area contributed by atoms with Crippen LogP contribution in [0.3, 0.4) is 0 Å². The highest BCUT2D eigenvalue weighted by Gasteiger charge is 2.55. The molecule has 132 valence electrons. The van der Waals surface area contributed by atoms with E-state index in [0.717, 1.165) is 12.1 Å². The summed E-state index contributed by atoms with van der Waals surface area (Å²) in [5.41, 5.74) is 5.56. The van der Waals surface area contributed by atoms with Crippen molar-refractivity contribution in [1.82, 2.24) is 15.1 Å². The highest BCUT2D eigenvalue weighted by Crippen LogP contribution is 2.45. The monoisotopic (exact) mass is 348 g/mol. The average Bonchev–Trinajstić information content (AvgIpc) is 3.27. The van der Waals surface area contributed by atoms with Gasteiger partial charge >= 0.3 is 0 Å². The second-order valence-electron chi connectivity index (χ2n) is 6.33. The van der Waals surface area contributed by atoms with Gasteiger partial charge < -0.3 is 11.1 Å². The third-order valence-corrected chi connectivity index (χ3v) is 4.66. The van der Waals surface area contributed by atoms with Crippen LogP contribution in [0.5, 0.6) is 0 Å². The molecule has 1 atom stereocenters. The van der Waals surface area contributed by atoms with E-state index in [-0.39, 0.29) is 5.69 Å². The van der Waals surface area contributed by atoms with Crippen LogP contribution >= 0.6 is 0 Å². The molecule has 1 heterocycles. The fourth-order valence-corrected chi connectivity index (χ4v) is 2.87. The summed E-state index contributed by atoms with van der Waals surface area (Å²) in [6.45, 7) is 3.46. The molecule has 8 heteroatoms. The van der Waals surface area contributed by atoms with Crippen LogP contribution in [0.1, 0.15) is 37.1 Å². The molecule has 0 radical (unpaired) electrons. The third-order valence-electron chi connectivity index (χ3n) is 4.66. The molecule has 25 heavy (non-hydrogen) atoms. The molecule has 0 unspecified atom stereocenters. The number of hydrogen-bond acceptors (Lipinski definition) is 3. The summed E-state index contributed by atoms with van der Waals surface area (Å²) in [7, 11) is 0. The minimum atomic E-state index is -1.11. The standard InChI is InChI=1S/C17H18F2N4O2/c1-9(22-16(25)17(5-6-17)15(20)24)12-8-21-23(10(12)2)14-4-3-11(18)7-13(14)19/h3-4,7-9H,5-6H2,1-2H3,(H2,20,24)(H,22,25)/t9-/m1/s1. The van der Waals surface area contributed by atoms with Crippen LogP contribution in [-0.4, -0.2) is 21.6 Å². The molecule has 1 aromatic heterocycles. The molecule has 1 aliphatic rings. The molecule has 1 aromatic carbocycles. The lowest BCUT2D eigenvalue weighted by atomic mass is 10.0. The van der Waals surface area contributed by atoms with Gasteiger partial charge in [-0.2, -0.15) is 5.10 Å². The first-order chi connectivity index (χ1) is 11.8. The van der Waals surface area contributed by atoms with Gasteiger partial charge in [-0.25, -0.2) is 13.5 Å². The van der Waals surface area contributed by atoms with Gasteiger partial charge in [-0.15, -0.1) is 0 Å². The number of halogens is 2. The number of primary amides is 1. The maximum absolute atomic E-state index is 14.0. The zero-order chi connectivity index (χ0) is 18.4. The van der Waals surface area contributed by atoms with Crippen LogP contribution in [0, 0.1) is 24.0 Å². The van der Waals surface area contributed by atoms with Crippen molar-refractivity contribution in [3.05, 3.63) is 47.3 Å². The Morgan fingerprint density at radius 1 is 1.36 bits per heavy atom. The maximum atomic E-state index is 14.0. The van der Waals surface area contributed by atoms with Crippen molar-refractivity contribution < 1.29 is 18.4 Å². The van der Waals surface area contributed by atoms with Gasteiger partial charge in [0.1, 0.15) is 16.9 Å². The first-order valence-electron chi connectivity index (χ1n) is 7.87. The molecule has 0 saturated heterocycles. The lowest BCUT2D eigenvalue weighted by Crippen LogP contribution is -2.41. The Bertz CT molecular complexity index is 858. The predicted molar refractivity (Wildman–Crippen MR) is 85.6 cm³/mol. The zero-order valence-electron chi connectivity index (χ0n) is 13.8. The number of nitrogens with zero attached hydrogens (tertiary/aromatic N) is 2. The van der Waals surface area contributed by atoms with Crippen molar-refractivity contribution in [2.24, 2.45) is 11.1 Å². The Labute approximate surface area is 143 Å². The van der Waals surface area contributed by atoms with Crippen molar-refractivity contribution in [3.8, 4) is 5.69 Å². The van der Waals surface area contributed by atoms with E-state index >= 15 is 0 Å². The Kier molecular flexibility index (Phi) is 4.06. The molecule has 1 aliphatic carbocycles. The van der Waals surface area contributed by atoms with Gasteiger partial charge in [-0.1, -0.05) is 0 Å². The van der Waals surface area contributed by atoms with Gasteiger partial charge in [-0.05, 0) is 38.8 Å². The maximum Gasteiger partial charge on any atom is 0.236 e. The number of carbonyl (C=O) groups is 2. The van der Waals surface area contributed by atoms with E-state index in [1.165, 1.54) is 16.9 Å². The molecule has 1 fully saturated rings. The van der Waals surface area contributed by atoms with Crippen LogP contribution in [0.15, 0.2) is 24.4 Å². The van der Waals surface area contributed by atoms with Crippen LogP contribution in [0.4, 0.5) is 8.78 Å². The first kappa shape index (κ1) is 17.1. The minimum absolute atomic E-state index is 0.111. The largest absolute Gasteiger partial charge is 0.369 e. The van der Waals surface area contributed by atoms with Crippen LogP contribution in [0.2, 0.25) is 0 Å². The Morgan fingerprint density at radius 3 is 2.60 bits per heavy atom. The van der Waals surface area contributed by atoms with Gasteiger partial charge in [0.15, 0.2) is 5.82 Å². The number of benzene rings is 1. The van der Waals surface area contributed by atoms with Gasteiger partial charge in [0.25, 0.3) is 0 Å². The predicted octanol–water partition coefficient (Wildman–Crippen LogP) is 1.90. The first-order valence-corrected chi connectivity index (χ1v) is 7.87. The molecule has 0 bridgehead atoms. The molecule has 6 nitrogen and oxygen atoms in total. The van der Waals surface area contributed by atoms with Crippen LogP contribution in [-0.2, 0) is 9.59 Å². The second kappa shape index (κ2) is 5.94. The zero-order valence-corrected chi connectivity index (χ0v) is 13.8. The number of rotatable bonds is 5. The number of nitrogens with two attached hydrogens (primary N) is 1. The fourth-order valence-electron chi connectivity index (χ4n) is 2.87. The quantitative estimate of drug-likeness (QED) is 0.809. The summed E-state index contributed by atoms with van der Waals surface area (Å²) >= 11 is 0. The lowest BCUT2D eigenvalue weighted by molar-refractivity contribution is -0.135. The van der Waals surface area contributed by atoms with E-state index in [1.807, 2.05) is 0 Å². The number of hydrogen-bond donors (Lipinski definition) is 2. The summed E-state index contributed by atoms with van der Waals surface area (Å²) in [5.74, 6) is -2.45. The van der Waals surface area contributed by atoms with Crippen LogP contribution < -0.4 is 11.1 Å². The van der Waals surface area contributed by atoms with Crippen LogP contribution in [0.25, 0.3) is 5.69 Å². The van der Waals surface area contributed by atoms with E-state index in [0.29, 0.717) is 24.1 Å². The summed E-state index contributed by atoms with van der Waals surface area (Å²) in [4.78, 5) is 23.7. The van der Waals surface area contributed by atoms with Gasteiger partial charge in [0.05, 0.1) is 12.2 Å². The summed E-state index contributed by atoms with van der Waals surface area (Å²) in [6.07, 6.45) is 2.40. The SMILES string of the molecule is Cc1c([C@@H](C)NC(=O)C2(C(N)=O)CC2)cnn1-c1ccc(F)cc1F. The van der Waals surface area contributed by atoms with E-state index < -0.39 is 34.9 Å². The van der Waals surface area contributed by atoms with Gasteiger partial charge in [0.2, 0.25) is 11.8 Å². The highest BCUT2D eigenvalue weighted by atomic mass is 19.1. The smallest absolute Gasteiger partial charge is 0.236 e. The second-order valence-corrected chi connectivity index (χ2v) is 6.33. The Hall–Kier alpha value is -2.77. The molecule has 2 amide bonds. The molecular weight excluding hydrogens is 330 g/mol. The van der Waals surface area contributed by atoms with Gasteiger partial charge in [-0.3, -0.25) is 9.59 Å². The van der Waals surface area contributed by atoms with E-state index in [4.69, 9.17) is 5.73 Å². The topological polar surface area (TPSA) is 90.0 Å². The summed E-state index contributed by atoms with van der Waals surface area (Å²) in [5, 5.41) is 6.89. The minimum Gasteiger partial charge on any atom is -0.369 e. The number of nitrogens with one attached hydrogen (secondary N) is 1. The molecule has 0 spiro atoms. The van der Waals surface area contributed by atoms with Gasteiger partial charge in [0, 0.05) is 17.3 Å². The molecule has 3 rings (SSSR count). The summed E-state index contributed by atoms with van der Waals surface area (Å²) < 4.78 is 28.4. The fraction of sp³-hybridized carbons (Fsp3) is 0.353. The van der Waals surface area contributed by atoms with Crippen molar-refractivity contribution in [2.45, 2.75) is 32.7 Å². The molecule has 2 aromatic rings. The van der Waals surface area contributed by atoms with Crippen molar-refractivity contribution >= 4 is 11.8 Å². The molecule has 1 saturated carbocycles. The normalized spacial score (nSPS) is 16.3.